The van der Waals surface area contributed by atoms with Gasteiger partial charge in [0.1, 0.15) is 0 Å². The van der Waals surface area contributed by atoms with E-state index >= 15 is 0 Å². The maximum Gasteiger partial charge on any atom is 0.416 e. The largest absolute Gasteiger partial charge is 0.416 e. The second kappa shape index (κ2) is 6.55. The van der Waals surface area contributed by atoms with Crippen LogP contribution in [-0.4, -0.2) is 32.4 Å². The van der Waals surface area contributed by atoms with Gasteiger partial charge in [0.05, 0.1) is 10.5 Å². The molecule has 0 heterocycles. The predicted octanol–water partition coefficient (Wildman–Crippen LogP) is 2.06. The molecule has 0 fully saturated rings. The SMILES string of the molecule is CCN(CCCN)S(=O)(=O)c1cccc(C(F)(F)F)c1. The first-order valence-corrected chi connectivity index (χ1v) is 7.55. The highest BCUT2D eigenvalue weighted by Crippen LogP contribution is 2.31. The van der Waals surface area contributed by atoms with Crippen molar-refractivity contribution in [2.24, 2.45) is 5.73 Å². The molecule has 114 valence electrons. The number of sulfonamides is 1. The number of nitrogens with zero attached hydrogens (tertiary/aromatic N) is 1. The molecule has 0 aromatic heterocycles. The number of rotatable bonds is 6. The molecule has 0 radical (unpaired) electrons. The molecular formula is C12H17F3N2O2S. The molecule has 0 aliphatic rings. The Morgan fingerprint density at radius 3 is 2.45 bits per heavy atom. The Hall–Kier alpha value is -1.12. The standard InChI is InChI=1S/C12H17F3N2O2S/c1-2-17(8-4-7-16)20(18,19)11-6-3-5-10(9-11)12(13,14)15/h3,5-6,9H,2,4,7-8,16H2,1H3. The van der Waals surface area contributed by atoms with Crippen molar-refractivity contribution in [3.05, 3.63) is 29.8 Å². The third-order valence-electron chi connectivity index (χ3n) is 2.76. The van der Waals surface area contributed by atoms with Crippen molar-refractivity contribution in [2.45, 2.75) is 24.4 Å². The van der Waals surface area contributed by atoms with Crippen LogP contribution in [0.15, 0.2) is 29.2 Å². The lowest BCUT2D eigenvalue weighted by Crippen LogP contribution is -2.33. The van der Waals surface area contributed by atoms with E-state index in [-0.39, 0.29) is 18.0 Å². The molecule has 0 spiro atoms. The van der Waals surface area contributed by atoms with Gasteiger partial charge in [-0.1, -0.05) is 13.0 Å². The van der Waals surface area contributed by atoms with Crippen LogP contribution in [0.3, 0.4) is 0 Å². The molecule has 20 heavy (non-hydrogen) atoms. The molecule has 0 aliphatic carbocycles. The van der Waals surface area contributed by atoms with E-state index in [1.165, 1.54) is 0 Å². The Morgan fingerprint density at radius 2 is 1.95 bits per heavy atom. The molecular weight excluding hydrogens is 293 g/mol. The summed E-state index contributed by atoms with van der Waals surface area (Å²) in [6.07, 6.45) is -4.12. The van der Waals surface area contributed by atoms with Crippen LogP contribution in [-0.2, 0) is 16.2 Å². The van der Waals surface area contributed by atoms with Gasteiger partial charge in [0.2, 0.25) is 10.0 Å². The quantitative estimate of drug-likeness (QED) is 0.875. The fourth-order valence-electron chi connectivity index (χ4n) is 1.70. The van der Waals surface area contributed by atoms with Crippen molar-refractivity contribution in [2.75, 3.05) is 19.6 Å². The molecule has 0 aliphatic heterocycles. The lowest BCUT2D eigenvalue weighted by molar-refractivity contribution is -0.137. The first-order chi connectivity index (χ1) is 9.23. The van der Waals surface area contributed by atoms with Crippen molar-refractivity contribution in [1.82, 2.24) is 4.31 Å². The van der Waals surface area contributed by atoms with E-state index < -0.39 is 21.8 Å². The van der Waals surface area contributed by atoms with Crippen molar-refractivity contribution in [3.8, 4) is 0 Å². The van der Waals surface area contributed by atoms with Gasteiger partial charge in [-0.05, 0) is 31.2 Å². The zero-order valence-corrected chi connectivity index (χ0v) is 11.8. The van der Waals surface area contributed by atoms with Gasteiger partial charge < -0.3 is 5.73 Å². The van der Waals surface area contributed by atoms with Crippen molar-refractivity contribution >= 4 is 10.0 Å². The van der Waals surface area contributed by atoms with Crippen LogP contribution in [0.5, 0.6) is 0 Å². The maximum atomic E-state index is 12.6. The molecule has 1 rings (SSSR count). The predicted molar refractivity (Wildman–Crippen MR) is 69.5 cm³/mol. The Morgan fingerprint density at radius 1 is 1.30 bits per heavy atom. The van der Waals surface area contributed by atoms with Gasteiger partial charge in [0.15, 0.2) is 0 Å². The third kappa shape index (κ3) is 3.94. The number of hydrogen-bond donors (Lipinski definition) is 1. The van der Waals surface area contributed by atoms with Crippen LogP contribution in [0.1, 0.15) is 18.9 Å². The Labute approximate surface area is 116 Å². The number of alkyl halides is 3. The highest BCUT2D eigenvalue weighted by atomic mass is 32.2. The molecule has 0 atom stereocenters. The van der Waals surface area contributed by atoms with Crippen LogP contribution in [0.4, 0.5) is 13.2 Å². The molecule has 2 N–H and O–H groups in total. The topological polar surface area (TPSA) is 63.4 Å². The molecule has 0 unspecified atom stereocenters. The first-order valence-electron chi connectivity index (χ1n) is 6.11. The summed E-state index contributed by atoms with van der Waals surface area (Å²) in [5.41, 5.74) is 4.35. The van der Waals surface area contributed by atoms with Crippen LogP contribution < -0.4 is 5.73 Å². The highest BCUT2D eigenvalue weighted by Gasteiger charge is 2.32. The summed E-state index contributed by atoms with van der Waals surface area (Å²) in [5.74, 6) is 0. The van der Waals surface area contributed by atoms with Gasteiger partial charge in [0, 0.05) is 13.1 Å². The van der Waals surface area contributed by atoms with Crippen molar-refractivity contribution in [3.63, 3.8) is 0 Å². The summed E-state index contributed by atoms with van der Waals surface area (Å²) < 4.78 is 63.5. The van der Waals surface area contributed by atoms with E-state index in [4.69, 9.17) is 5.73 Å². The Bertz CT molecular complexity index is 544. The zero-order chi connectivity index (χ0) is 15.4. The molecule has 0 bridgehead atoms. The molecule has 1 aromatic carbocycles. The molecule has 0 amide bonds. The number of benzene rings is 1. The van der Waals surface area contributed by atoms with E-state index in [0.29, 0.717) is 19.0 Å². The summed E-state index contributed by atoms with van der Waals surface area (Å²) in [6, 6.07) is 3.75. The fourth-order valence-corrected chi connectivity index (χ4v) is 3.23. The smallest absolute Gasteiger partial charge is 0.330 e. The van der Waals surface area contributed by atoms with Gasteiger partial charge in [-0.2, -0.15) is 17.5 Å². The molecule has 0 saturated carbocycles. The normalized spacial score (nSPS) is 12.9. The van der Waals surface area contributed by atoms with Crippen molar-refractivity contribution < 1.29 is 21.6 Å². The minimum atomic E-state index is -4.57. The van der Waals surface area contributed by atoms with Crippen molar-refractivity contribution in [1.29, 1.82) is 0 Å². The number of halogens is 3. The highest BCUT2D eigenvalue weighted by molar-refractivity contribution is 7.89. The Balaban J connectivity index is 3.14. The molecule has 8 heteroatoms. The lowest BCUT2D eigenvalue weighted by atomic mass is 10.2. The van der Waals surface area contributed by atoms with Gasteiger partial charge in [0.25, 0.3) is 0 Å². The van der Waals surface area contributed by atoms with E-state index in [9.17, 15) is 21.6 Å². The molecule has 1 aromatic rings. The number of nitrogens with two attached hydrogens (primary N) is 1. The van der Waals surface area contributed by atoms with Gasteiger partial charge in [-0.25, -0.2) is 8.42 Å². The third-order valence-corrected chi connectivity index (χ3v) is 4.73. The zero-order valence-electron chi connectivity index (χ0n) is 11.0. The average molecular weight is 310 g/mol. The summed E-state index contributed by atoms with van der Waals surface area (Å²) in [7, 11) is -3.93. The molecule has 4 nitrogen and oxygen atoms in total. The lowest BCUT2D eigenvalue weighted by Gasteiger charge is -2.20. The van der Waals surface area contributed by atoms with Gasteiger partial charge in [-0.3, -0.25) is 0 Å². The van der Waals surface area contributed by atoms with E-state index in [1.54, 1.807) is 6.92 Å². The second-order valence-electron chi connectivity index (χ2n) is 4.16. The van der Waals surface area contributed by atoms with Crippen LogP contribution in [0.2, 0.25) is 0 Å². The summed E-state index contributed by atoms with van der Waals surface area (Å²) in [5, 5.41) is 0. The van der Waals surface area contributed by atoms with E-state index in [1.807, 2.05) is 0 Å². The Kier molecular flexibility index (Phi) is 5.55. The first kappa shape index (κ1) is 16.9. The van der Waals surface area contributed by atoms with Gasteiger partial charge in [-0.15, -0.1) is 0 Å². The van der Waals surface area contributed by atoms with E-state index in [0.717, 1.165) is 22.5 Å². The summed E-state index contributed by atoms with van der Waals surface area (Å²) in [6.45, 7) is 2.31. The second-order valence-corrected chi connectivity index (χ2v) is 6.10. The van der Waals surface area contributed by atoms with Crippen LogP contribution in [0, 0.1) is 0 Å². The average Bonchev–Trinajstić information content (AvgIpc) is 2.38. The van der Waals surface area contributed by atoms with E-state index in [2.05, 4.69) is 0 Å². The van der Waals surface area contributed by atoms with Crippen LogP contribution in [0.25, 0.3) is 0 Å². The maximum absolute atomic E-state index is 12.6. The minimum Gasteiger partial charge on any atom is -0.330 e. The fraction of sp³-hybridized carbons (Fsp3) is 0.500. The summed E-state index contributed by atoms with van der Waals surface area (Å²) >= 11 is 0. The summed E-state index contributed by atoms with van der Waals surface area (Å²) in [4.78, 5) is -0.355. The van der Waals surface area contributed by atoms with Gasteiger partial charge >= 0.3 is 6.18 Å². The monoisotopic (exact) mass is 310 g/mol. The minimum absolute atomic E-state index is 0.179. The van der Waals surface area contributed by atoms with Crippen LogP contribution >= 0.6 is 0 Å². The number of hydrogen-bond acceptors (Lipinski definition) is 3. The molecule has 0 saturated heterocycles.